The molecule has 0 saturated heterocycles. The second-order valence-corrected chi connectivity index (χ2v) is 6.97. The summed E-state index contributed by atoms with van der Waals surface area (Å²) in [5, 5.41) is 7.13. The molecular formula is C19H23F3N4O. The molecule has 1 saturated carbocycles. The number of likely N-dealkylation sites (N-methyl/N-ethyl adjacent to an activating group) is 1. The highest BCUT2D eigenvalue weighted by Gasteiger charge is 2.33. The third kappa shape index (κ3) is 4.88. The molecule has 0 unspecified atom stereocenters. The van der Waals surface area contributed by atoms with E-state index in [1.807, 2.05) is 4.68 Å². The van der Waals surface area contributed by atoms with E-state index in [0.717, 1.165) is 31.7 Å². The number of nitrogens with zero attached hydrogens (tertiary/aromatic N) is 3. The number of nitrogens with one attached hydrogen (secondary N) is 1. The topological polar surface area (TPSA) is 50.2 Å². The van der Waals surface area contributed by atoms with Crippen LogP contribution in [0.3, 0.4) is 0 Å². The van der Waals surface area contributed by atoms with E-state index in [9.17, 15) is 18.0 Å². The van der Waals surface area contributed by atoms with Gasteiger partial charge in [0.25, 0.3) is 0 Å². The molecule has 5 nitrogen and oxygen atoms in total. The summed E-state index contributed by atoms with van der Waals surface area (Å²) in [6.07, 6.45) is 1.63. The predicted octanol–water partition coefficient (Wildman–Crippen LogP) is 4.09. The van der Waals surface area contributed by atoms with Gasteiger partial charge in [-0.2, -0.15) is 18.3 Å². The van der Waals surface area contributed by atoms with Crippen LogP contribution in [-0.2, 0) is 17.5 Å². The molecule has 1 fully saturated rings. The number of rotatable bonds is 6. The fourth-order valence-corrected chi connectivity index (χ4v) is 3.56. The third-order valence-corrected chi connectivity index (χ3v) is 4.78. The largest absolute Gasteiger partial charge is 0.416 e. The standard InChI is InChI=1S/C19H23F3N4O/c1-25(12-14-6-2-5-9-16(14)19(20,21)22)13-18(27)24-17-10-11-23-26(17)15-7-3-4-8-15/h2,5-6,9-11,15H,3-4,7-8,12-13H2,1H3,(H,24,27). The lowest BCUT2D eigenvalue weighted by molar-refractivity contribution is -0.138. The maximum atomic E-state index is 13.1. The Morgan fingerprint density at radius 3 is 2.67 bits per heavy atom. The summed E-state index contributed by atoms with van der Waals surface area (Å²) in [5.74, 6) is 0.359. The number of amides is 1. The summed E-state index contributed by atoms with van der Waals surface area (Å²) in [6, 6.07) is 7.47. The van der Waals surface area contributed by atoms with Crippen molar-refractivity contribution in [2.45, 2.75) is 44.4 Å². The molecule has 1 N–H and O–H groups in total. The van der Waals surface area contributed by atoms with Crippen molar-refractivity contribution in [3.8, 4) is 0 Å². The molecule has 0 radical (unpaired) electrons. The van der Waals surface area contributed by atoms with Crippen molar-refractivity contribution >= 4 is 11.7 Å². The molecule has 2 aromatic rings. The highest BCUT2D eigenvalue weighted by atomic mass is 19.4. The molecule has 0 spiro atoms. The van der Waals surface area contributed by atoms with E-state index in [2.05, 4.69) is 10.4 Å². The van der Waals surface area contributed by atoms with E-state index in [0.29, 0.717) is 11.9 Å². The van der Waals surface area contributed by atoms with Crippen molar-refractivity contribution < 1.29 is 18.0 Å². The number of halogens is 3. The molecule has 1 aliphatic rings. The third-order valence-electron chi connectivity index (χ3n) is 4.78. The van der Waals surface area contributed by atoms with Gasteiger partial charge in [-0.1, -0.05) is 31.0 Å². The highest BCUT2D eigenvalue weighted by Crippen LogP contribution is 2.32. The van der Waals surface area contributed by atoms with Crippen molar-refractivity contribution in [3.05, 3.63) is 47.7 Å². The van der Waals surface area contributed by atoms with Gasteiger partial charge in [-0.25, -0.2) is 4.68 Å². The molecule has 0 atom stereocenters. The lowest BCUT2D eigenvalue weighted by Crippen LogP contribution is -2.31. The number of benzene rings is 1. The highest BCUT2D eigenvalue weighted by molar-refractivity contribution is 5.91. The van der Waals surface area contributed by atoms with Crippen molar-refractivity contribution in [1.29, 1.82) is 0 Å². The number of hydrogen-bond donors (Lipinski definition) is 1. The van der Waals surface area contributed by atoms with Crippen LogP contribution in [0, 0.1) is 0 Å². The first-order valence-electron chi connectivity index (χ1n) is 9.01. The smallest absolute Gasteiger partial charge is 0.310 e. The molecule has 146 valence electrons. The van der Waals surface area contributed by atoms with E-state index >= 15 is 0 Å². The first-order chi connectivity index (χ1) is 12.8. The van der Waals surface area contributed by atoms with Gasteiger partial charge in [0, 0.05) is 12.6 Å². The molecule has 1 heterocycles. The Bertz CT molecular complexity index is 781. The van der Waals surface area contributed by atoms with Crippen LogP contribution in [0.1, 0.15) is 42.9 Å². The molecule has 1 amide bonds. The number of carbonyl (C=O) groups excluding carboxylic acids is 1. The van der Waals surface area contributed by atoms with Crippen LogP contribution >= 0.6 is 0 Å². The Kier molecular flexibility index (Phi) is 5.84. The van der Waals surface area contributed by atoms with E-state index in [4.69, 9.17) is 0 Å². The normalized spacial score (nSPS) is 15.4. The molecule has 27 heavy (non-hydrogen) atoms. The van der Waals surface area contributed by atoms with Gasteiger partial charge in [0.15, 0.2) is 0 Å². The summed E-state index contributed by atoms with van der Waals surface area (Å²) in [7, 11) is 1.63. The SMILES string of the molecule is CN(CC(=O)Nc1ccnn1C1CCCC1)Cc1ccccc1C(F)(F)F. The summed E-state index contributed by atoms with van der Waals surface area (Å²) < 4.78 is 41.1. The minimum absolute atomic E-state index is 0.0119. The van der Waals surface area contributed by atoms with Crippen LogP contribution in [0.25, 0.3) is 0 Å². The molecule has 1 aromatic heterocycles. The lowest BCUT2D eigenvalue weighted by atomic mass is 10.1. The number of aromatic nitrogens is 2. The van der Waals surface area contributed by atoms with E-state index in [1.54, 1.807) is 30.3 Å². The summed E-state index contributed by atoms with van der Waals surface area (Å²) in [4.78, 5) is 13.9. The quantitative estimate of drug-likeness (QED) is 0.821. The Labute approximate surface area is 156 Å². The minimum atomic E-state index is -4.41. The number of alkyl halides is 3. The van der Waals surface area contributed by atoms with Gasteiger partial charge in [-0.05, 0) is 31.5 Å². The number of hydrogen-bond acceptors (Lipinski definition) is 3. The zero-order valence-electron chi connectivity index (χ0n) is 15.2. The molecule has 0 aliphatic heterocycles. The second kappa shape index (κ2) is 8.12. The van der Waals surface area contributed by atoms with Crippen molar-refractivity contribution in [1.82, 2.24) is 14.7 Å². The van der Waals surface area contributed by atoms with Gasteiger partial charge in [-0.15, -0.1) is 0 Å². The van der Waals surface area contributed by atoms with Gasteiger partial charge in [0.1, 0.15) is 5.82 Å². The lowest BCUT2D eigenvalue weighted by Gasteiger charge is -2.20. The van der Waals surface area contributed by atoms with Crippen LogP contribution in [-0.4, -0.2) is 34.2 Å². The van der Waals surface area contributed by atoms with Gasteiger partial charge < -0.3 is 5.32 Å². The average molecular weight is 380 g/mol. The summed E-state index contributed by atoms with van der Waals surface area (Å²) >= 11 is 0. The van der Waals surface area contributed by atoms with Crippen LogP contribution in [0.4, 0.5) is 19.0 Å². The van der Waals surface area contributed by atoms with E-state index in [-0.39, 0.29) is 24.6 Å². The fourth-order valence-electron chi connectivity index (χ4n) is 3.56. The number of anilines is 1. The number of carbonyl (C=O) groups is 1. The molecule has 1 aromatic carbocycles. The Morgan fingerprint density at radius 1 is 1.26 bits per heavy atom. The molecule has 8 heteroatoms. The van der Waals surface area contributed by atoms with Crippen LogP contribution in [0.2, 0.25) is 0 Å². The van der Waals surface area contributed by atoms with E-state index in [1.165, 1.54) is 12.1 Å². The predicted molar refractivity (Wildman–Crippen MR) is 96.1 cm³/mol. The zero-order chi connectivity index (χ0) is 19.4. The Morgan fingerprint density at radius 2 is 1.96 bits per heavy atom. The zero-order valence-corrected chi connectivity index (χ0v) is 15.2. The van der Waals surface area contributed by atoms with Gasteiger partial charge in [-0.3, -0.25) is 9.69 Å². The Hall–Kier alpha value is -2.35. The Balaban J connectivity index is 1.60. The maximum Gasteiger partial charge on any atom is 0.416 e. The van der Waals surface area contributed by atoms with Gasteiger partial charge in [0.05, 0.1) is 24.3 Å². The molecule has 0 bridgehead atoms. The van der Waals surface area contributed by atoms with Crippen LogP contribution < -0.4 is 5.32 Å². The summed E-state index contributed by atoms with van der Waals surface area (Å²) in [6.45, 7) is 0.0209. The van der Waals surface area contributed by atoms with Crippen LogP contribution in [0.5, 0.6) is 0 Å². The molecule has 3 rings (SSSR count). The second-order valence-electron chi connectivity index (χ2n) is 6.97. The molecule has 1 aliphatic carbocycles. The van der Waals surface area contributed by atoms with Gasteiger partial charge in [0.2, 0.25) is 5.91 Å². The van der Waals surface area contributed by atoms with Crippen molar-refractivity contribution in [2.24, 2.45) is 0 Å². The minimum Gasteiger partial charge on any atom is -0.310 e. The fraction of sp³-hybridized carbons (Fsp3) is 0.474. The molecular weight excluding hydrogens is 357 g/mol. The van der Waals surface area contributed by atoms with Crippen LogP contribution in [0.15, 0.2) is 36.5 Å². The van der Waals surface area contributed by atoms with Crippen molar-refractivity contribution in [2.75, 3.05) is 18.9 Å². The maximum absolute atomic E-state index is 13.1. The first kappa shape index (κ1) is 19.4. The average Bonchev–Trinajstić information content (AvgIpc) is 3.25. The van der Waals surface area contributed by atoms with Crippen molar-refractivity contribution in [3.63, 3.8) is 0 Å². The first-order valence-corrected chi connectivity index (χ1v) is 9.01. The monoisotopic (exact) mass is 380 g/mol. The van der Waals surface area contributed by atoms with E-state index < -0.39 is 11.7 Å². The summed E-state index contributed by atoms with van der Waals surface area (Å²) in [5.41, 5.74) is -0.520. The van der Waals surface area contributed by atoms with Gasteiger partial charge >= 0.3 is 6.18 Å².